The molecule has 1 fully saturated rings. The van der Waals surface area contributed by atoms with Crippen LogP contribution in [0.2, 0.25) is 0 Å². The van der Waals surface area contributed by atoms with Crippen molar-refractivity contribution in [3.8, 4) is 17.2 Å². The van der Waals surface area contributed by atoms with Crippen molar-refractivity contribution in [1.29, 1.82) is 0 Å². The van der Waals surface area contributed by atoms with E-state index >= 15 is 0 Å². The van der Waals surface area contributed by atoms with Crippen LogP contribution in [0.1, 0.15) is 24.4 Å². The molecule has 0 saturated carbocycles. The van der Waals surface area contributed by atoms with Gasteiger partial charge in [-0.1, -0.05) is 0 Å². The number of methoxy groups -OCH3 is 1. The van der Waals surface area contributed by atoms with Crippen LogP contribution in [0, 0.1) is 0 Å². The number of ether oxygens (including phenoxy) is 4. The molecule has 1 saturated heterocycles. The highest BCUT2D eigenvalue weighted by Crippen LogP contribution is 2.42. The second kappa shape index (κ2) is 6.51. The standard InChI is InChI=1S/C15H22N2O4/c1-18-13-5-10(6-14-15(13)21-9-20-14)12(7-16)17-8-11-3-2-4-19-11/h5-6,11-12,17H,2-4,7-9,16H2,1H3. The van der Waals surface area contributed by atoms with Gasteiger partial charge in [0, 0.05) is 25.7 Å². The molecule has 0 bridgehead atoms. The summed E-state index contributed by atoms with van der Waals surface area (Å²) in [4.78, 5) is 0. The molecule has 116 valence electrons. The summed E-state index contributed by atoms with van der Waals surface area (Å²) in [6, 6.07) is 3.95. The largest absolute Gasteiger partial charge is 0.493 e. The Hall–Kier alpha value is -1.50. The first-order valence-corrected chi connectivity index (χ1v) is 7.34. The Balaban J connectivity index is 1.73. The summed E-state index contributed by atoms with van der Waals surface area (Å²) in [6.45, 7) is 2.39. The van der Waals surface area contributed by atoms with Gasteiger partial charge in [-0.25, -0.2) is 0 Å². The molecule has 0 amide bonds. The molecule has 6 nitrogen and oxygen atoms in total. The van der Waals surface area contributed by atoms with Gasteiger partial charge in [-0.15, -0.1) is 0 Å². The Bertz CT molecular complexity index is 489. The number of hydrogen-bond donors (Lipinski definition) is 2. The average Bonchev–Trinajstić information content (AvgIpc) is 3.17. The number of benzene rings is 1. The highest BCUT2D eigenvalue weighted by molar-refractivity contribution is 5.55. The van der Waals surface area contributed by atoms with E-state index in [0.29, 0.717) is 23.8 Å². The van der Waals surface area contributed by atoms with E-state index in [-0.39, 0.29) is 18.9 Å². The second-order valence-electron chi connectivity index (χ2n) is 5.29. The highest BCUT2D eigenvalue weighted by Gasteiger charge is 2.23. The van der Waals surface area contributed by atoms with Crippen molar-refractivity contribution in [3.05, 3.63) is 17.7 Å². The maximum Gasteiger partial charge on any atom is 0.231 e. The average molecular weight is 294 g/mol. The SMILES string of the molecule is COc1cc(C(CN)NCC2CCCO2)cc2c1OCO2. The lowest BCUT2D eigenvalue weighted by Gasteiger charge is -2.20. The minimum Gasteiger partial charge on any atom is -0.493 e. The summed E-state index contributed by atoms with van der Waals surface area (Å²) in [5, 5.41) is 3.47. The molecule has 1 aromatic carbocycles. The topological polar surface area (TPSA) is 75.0 Å². The third kappa shape index (κ3) is 3.07. The minimum absolute atomic E-state index is 0.0394. The van der Waals surface area contributed by atoms with Gasteiger partial charge in [0.05, 0.1) is 13.2 Å². The zero-order chi connectivity index (χ0) is 14.7. The Morgan fingerprint density at radius 3 is 3.05 bits per heavy atom. The lowest BCUT2D eigenvalue weighted by Crippen LogP contribution is -2.34. The van der Waals surface area contributed by atoms with Gasteiger partial charge in [-0.2, -0.15) is 0 Å². The molecule has 21 heavy (non-hydrogen) atoms. The maximum absolute atomic E-state index is 5.91. The van der Waals surface area contributed by atoms with Crippen molar-refractivity contribution in [3.63, 3.8) is 0 Å². The molecular weight excluding hydrogens is 272 g/mol. The zero-order valence-corrected chi connectivity index (χ0v) is 12.3. The van der Waals surface area contributed by atoms with Crippen LogP contribution in [0.4, 0.5) is 0 Å². The van der Waals surface area contributed by atoms with Gasteiger partial charge in [0.1, 0.15) is 0 Å². The van der Waals surface area contributed by atoms with E-state index in [9.17, 15) is 0 Å². The maximum atomic E-state index is 5.91. The zero-order valence-electron chi connectivity index (χ0n) is 12.3. The normalized spacial score (nSPS) is 21.5. The first kappa shape index (κ1) is 14.4. The van der Waals surface area contributed by atoms with Gasteiger partial charge >= 0.3 is 0 Å². The van der Waals surface area contributed by atoms with Crippen molar-refractivity contribution in [2.45, 2.75) is 25.0 Å². The quantitative estimate of drug-likeness (QED) is 0.821. The van der Waals surface area contributed by atoms with E-state index in [4.69, 9.17) is 24.7 Å². The van der Waals surface area contributed by atoms with Gasteiger partial charge in [0.2, 0.25) is 12.5 Å². The van der Waals surface area contributed by atoms with Crippen LogP contribution in [0.25, 0.3) is 0 Å². The summed E-state index contributed by atoms with van der Waals surface area (Å²) < 4.78 is 21.9. The first-order valence-electron chi connectivity index (χ1n) is 7.34. The predicted octanol–water partition coefficient (Wildman–Crippen LogP) is 1.19. The Morgan fingerprint density at radius 2 is 2.33 bits per heavy atom. The van der Waals surface area contributed by atoms with Gasteiger partial charge < -0.3 is 30.0 Å². The molecule has 3 N–H and O–H groups in total. The highest BCUT2D eigenvalue weighted by atomic mass is 16.7. The predicted molar refractivity (Wildman–Crippen MR) is 77.9 cm³/mol. The minimum atomic E-state index is 0.0394. The van der Waals surface area contributed by atoms with Crippen LogP contribution in [0.3, 0.4) is 0 Å². The smallest absolute Gasteiger partial charge is 0.231 e. The molecule has 3 rings (SSSR count). The summed E-state index contributed by atoms with van der Waals surface area (Å²) in [6.07, 6.45) is 2.53. The van der Waals surface area contributed by atoms with E-state index in [0.717, 1.165) is 31.6 Å². The summed E-state index contributed by atoms with van der Waals surface area (Å²) >= 11 is 0. The Labute approximate surface area is 124 Å². The summed E-state index contributed by atoms with van der Waals surface area (Å²) in [5.41, 5.74) is 6.95. The monoisotopic (exact) mass is 294 g/mol. The van der Waals surface area contributed by atoms with Gasteiger partial charge in [-0.3, -0.25) is 0 Å². The molecule has 0 aliphatic carbocycles. The third-order valence-electron chi connectivity index (χ3n) is 3.93. The molecule has 2 unspecified atom stereocenters. The molecule has 2 aliphatic heterocycles. The van der Waals surface area contributed by atoms with Crippen LogP contribution < -0.4 is 25.3 Å². The van der Waals surface area contributed by atoms with E-state index < -0.39 is 0 Å². The number of nitrogens with two attached hydrogens (primary N) is 1. The molecule has 2 heterocycles. The van der Waals surface area contributed by atoms with E-state index in [1.54, 1.807) is 7.11 Å². The lowest BCUT2D eigenvalue weighted by atomic mass is 10.0. The lowest BCUT2D eigenvalue weighted by molar-refractivity contribution is 0.107. The number of nitrogens with one attached hydrogen (secondary N) is 1. The third-order valence-corrected chi connectivity index (χ3v) is 3.93. The van der Waals surface area contributed by atoms with Crippen LogP contribution in [-0.4, -0.2) is 39.7 Å². The van der Waals surface area contributed by atoms with Crippen LogP contribution in [-0.2, 0) is 4.74 Å². The number of fused-ring (bicyclic) bond motifs is 1. The van der Waals surface area contributed by atoms with E-state index in [1.807, 2.05) is 12.1 Å². The van der Waals surface area contributed by atoms with Gasteiger partial charge in [0.15, 0.2) is 11.5 Å². The molecule has 1 aromatic rings. The summed E-state index contributed by atoms with van der Waals surface area (Å²) in [5.74, 6) is 2.05. The van der Waals surface area contributed by atoms with Crippen molar-refractivity contribution in [2.24, 2.45) is 5.73 Å². The van der Waals surface area contributed by atoms with Gasteiger partial charge in [-0.05, 0) is 30.5 Å². The number of hydrogen-bond acceptors (Lipinski definition) is 6. The fourth-order valence-corrected chi connectivity index (χ4v) is 2.77. The summed E-state index contributed by atoms with van der Waals surface area (Å²) in [7, 11) is 1.62. The first-order chi connectivity index (χ1) is 10.3. The molecule has 2 atom stereocenters. The molecule has 0 aromatic heterocycles. The molecule has 6 heteroatoms. The van der Waals surface area contributed by atoms with Crippen molar-refractivity contribution in [1.82, 2.24) is 5.32 Å². The van der Waals surface area contributed by atoms with Crippen LogP contribution >= 0.6 is 0 Å². The Morgan fingerprint density at radius 1 is 1.43 bits per heavy atom. The molecular formula is C15H22N2O4. The fraction of sp³-hybridized carbons (Fsp3) is 0.600. The van der Waals surface area contributed by atoms with Crippen molar-refractivity contribution < 1.29 is 18.9 Å². The second-order valence-corrected chi connectivity index (χ2v) is 5.29. The van der Waals surface area contributed by atoms with E-state index in [2.05, 4.69) is 5.32 Å². The van der Waals surface area contributed by atoms with Gasteiger partial charge in [0.25, 0.3) is 0 Å². The van der Waals surface area contributed by atoms with Crippen LogP contribution in [0.5, 0.6) is 17.2 Å². The Kier molecular flexibility index (Phi) is 4.48. The number of rotatable bonds is 6. The van der Waals surface area contributed by atoms with E-state index in [1.165, 1.54) is 0 Å². The van der Waals surface area contributed by atoms with Crippen LogP contribution in [0.15, 0.2) is 12.1 Å². The van der Waals surface area contributed by atoms with Crippen molar-refractivity contribution >= 4 is 0 Å². The molecule has 2 aliphatic rings. The fourth-order valence-electron chi connectivity index (χ4n) is 2.77. The molecule has 0 radical (unpaired) electrons. The molecule has 0 spiro atoms. The van der Waals surface area contributed by atoms with Crippen molar-refractivity contribution in [2.75, 3.05) is 33.6 Å².